The Morgan fingerprint density at radius 3 is 2.56 bits per heavy atom. The van der Waals surface area contributed by atoms with Crippen LogP contribution in [0.2, 0.25) is 0 Å². The lowest BCUT2D eigenvalue weighted by Gasteiger charge is -2.21. The summed E-state index contributed by atoms with van der Waals surface area (Å²) in [6.07, 6.45) is 1.74. The third kappa shape index (κ3) is 2.61. The van der Waals surface area contributed by atoms with Gasteiger partial charge in [-0.05, 0) is 25.0 Å². The summed E-state index contributed by atoms with van der Waals surface area (Å²) >= 11 is 0. The second-order valence-corrected chi connectivity index (χ2v) is 4.14. The second kappa shape index (κ2) is 5.08. The molecule has 0 amide bonds. The van der Waals surface area contributed by atoms with Crippen LogP contribution < -0.4 is 14.8 Å². The smallest absolute Gasteiger partial charge is 0.308 e. The molecular formula is C13H15NO4. The first-order valence-corrected chi connectivity index (χ1v) is 5.84. The molecule has 18 heavy (non-hydrogen) atoms. The Morgan fingerprint density at radius 2 is 1.89 bits per heavy atom. The molecule has 2 rings (SSSR count). The van der Waals surface area contributed by atoms with Gasteiger partial charge in [-0.2, -0.15) is 0 Å². The van der Waals surface area contributed by atoms with E-state index in [1.807, 2.05) is 6.07 Å². The maximum Gasteiger partial charge on any atom is 0.308 e. The van der Waals surface area contributed by atoms with E-state index >= 15 is 0 Å². The van der Waals surface area contributed by atoms with Crippen molar-refractivity contribution in [3.63, 3.8) is 0 Å². The Balaban J connectivity index is 2.45. The minimum Gasteiger partial charge on any atom is -0.423 e. The molecule has 5 heteroatoms. The molecule has 5 nitrogen and oxygen atoms in total. The van der Waals surface area contributed by atoms with Gasteiger partial charge in [-0.15, -0.1) is 0 Å². The number of fused-ring (bicyclic) bond motifs is 1. The Hall–Kier alpha value is -2.04. The lowest BCUT2D eigenvalue weighted by molar-refractivity contribution is -0.134. The Kier molecular flexibility index (Phi) is 3.50. The molecule has 0 saturated carbocycles. The molecule has 0 unspecified atom stereocenters. The Bertz CT molecular complexity index is 496. The van der Waals surface area contributed by atoms with Crippen LogP contribution in [-0.2, 0) is 16.0 Å². The first-order chi connectivity index (χ1) is 8.58. The average molecular weight is 249 g/mol. The predicted molar refractivity (Wildman–Crippen MR) is 65.9 cm³/mol. The van der Waals surface area contributed by atoms with Gasteiger partial charge in [0.1, 0.15) is 0 Å². The molecule has 1 aliphatic rings. The van der Waals surface area contributed by atoms with E-state index in [4.69, 9.17) is 9.47 Å². The standard InChI is InChI=1S/C13H15NO4/c1-8(15)17-12-6-5-11-10(4-3-7-14-11)13(12)18-9(2)16/h5-6,14H,3-4,7H2,1-2H3. The van der Waals surface area contributed by atoms with Crippen molar-refractivity contribution in [3.05, 3.63) is 17.7 Å². The van der Waals surface area contributed by atoms with Crippen molar-refractivity contribution >= 4 is 17.6 Å². The van der Waals surface area contributed by atoms with E-state index in [1.54, 1.807) is 6.07 Å². The van der Waals surface area contributed by atoms with Gasteiger partial charge in [0.15, 0.2) is 11.5 Å². The molecule has 0 spiro atoms. The third-order valence-corrected chi connectivity index (χ3v) is 2.64. The number of carbonyl (C=O) groups is 2. The minimum absolute atomic E-state index is 0.292. The van der Waals surface area contributed by atoms with Crippen molar-refractivity contribution in [2.75, 3.05) is 11.9 Å². The average Bonchev–Trinajstić information content (AvgIpc) is 2.31. The fourth-order valence-electron chi connectivity index (χ4n) is 2.00. The topological polar surface area (TPSA) is 64.6 Å². The number of hydrogen-bond donors (Lipinski definition) is 1. The van der Waals surface area contributed by atoms with Gasteiger partial charge < -0.3 is 14.8 Å². The Morgan fingerprint density at radius 1 is 1.17 bits per heavy atom. The summed E-state index contributed by atoms with van der Waals surface area (Å²) in [6.45, 7) is 3.53. The van der Waals surface area contributed by atoms with E-state index in [1.165, 1.54) is 13.8 Å². The molecule has 0 atom stereocenters. The fraction of sp³-hybridized carbons (Fsp3) is 0.385. The van der Waals surface area contributed by atoms with Crippen molar-refractivity contribution in [2.45, 2.75) is 26.7 Å². The molecule has 0 aliphatic carbocycles. The number of rotatable bonds is 2. The summed E-state index contributed by atoms with van der Waals surface area (Å²) in [6, 6.07) is 3.47. The van der Waals surface area contributed by atoms with E-state index < -0.39 is 11.9 Å². The van der Waals surface area contributed by atoms with Crippen LogP contribution in [0.15, 0.2) is 12.1 Å². The maximum atomic E-state index is 11.2. The zero-order valence-corrected chi connectivity index (χ0v) is 10.4. The highest BCUT2D eigenvalue weighted by Crippen LogP contribution is 2.39. The van der Waals surface area contributed by atoms with Gasteiger partial charge in [-0.1, -0.05) is 0 Å². The van der Waals surface area contributed by atoms with Gasteiger partial charge in [0.05, 0.1) is 0 Å². The van der Waals surface area contributed by atoms with Gasteiger partial charge in [-0.25, -0.2) is 0 Å². The van der Waals surface area contributed by atoms with Gasteiger partial charge in [-0.3, -0.25) is 9.59 Å². The maximum absolute atomic E-state index is 11.2. The monoisotopic (exact) mass is 249 g/mol. The number of hydrogen-bond acceptors (Lipinski definition) is 5. The number of benzene rings is 1. The highest BCUT2D eigenvalue weighted by Gasteiger charge is 2.20. The second-order valence-electron chi connectivity index (χ2n) is 4.14. The zero-order chi connectivity index (χ0) is 13.1. The van der Waals surface area contributed by atoms with E-state index in [2.05, 4.69) is 5.32 Å². The molecular weight excluding hydrogens is 234 g/mol. The van der Waals surface area contributed by atoms with Crippen LogP contribution in [0.5, 0.6) is 11.5 Å². The SMILES string of the molecule is CC(=O)Oc1ccc2c(c1OC(C)=O)CCCN2. The van der Waals surface area contributed by atoms with Crippen molar-refractivity contribution in [1.29, 1.82) is 0 Å². The lowest BCUT2D eigenvalue weighted by atomic mass is 10.0. The van der Waals surface area contributed by atoms with E-state index in [0.29, 0.717) is 11.5 Å². The van der Waals surface area contributed by atoms with Crippen LogP contribution in [0.3, 0.4) is 0 Å². The normalized spacial score (nSPS) is 13.2. The van der Waals surface area contributed by atoms with Gasteiger partial charge in [0, 0.05) is 31.6 Å². The summed E-state index contributed by atoms with van der Waals surface area (Å²) in [5, 5.41) is 3.23. The highest BCUT2D eigenvalue weighted by atomic mass is 16.6. The first-order valence-electron chi connectivity index (χ1n) is 5.84. The van der Waals surface area contributed by atoms with Crippen LogP contribution in [-0.4, -0.2) is 18.5 Å². The van der Waals surface area contributed by atoms with Crippen molar-refractivity contribution in [2.24, 2.45) is 0 Å². The van der Waals surface area contributed by atoms with Gasteiger partial charge in [0.25, 0.3) is 0 Å². The van der Waals surface area contributed by atoms with Gasteiger partial charge in [0.2, 0.25) is 0 Å². The molecule has 96 valence electrons. The lowest BCUT2D eigenvalue weighted by Crippen LogP contribution is -2.15. The number of carbonyl (C=O) groups excluding carboxylic acids is 2. The fourth-order valence-corrected chi connectivity index (χ4v) is 2.00. The number of anilines is 1. The molecule has 0 aromatic heterocycles. The minimum atomic E-state index is -0.438. The third-order valence-electron chi connectivity index (χ3n) is 2.64. The zero-order valence-electron chi connectivity index (χ0n) is 10.4. The molecule has 1 aliphatic heterocycles. The van der Waals surface area contributed by atoms with Crippen LogP contribution in [0, 0.1) is 0 Å². The van der Waals surface area contributed by atoms with E-state index in [9.17, 15) is 9.59 Å². The van der Waals surface area contributed by atoms with Crippen LogP contribution in [0.1, 0.15) is 25.8 Å². The molecule has 1 aromatic carbocycles. The summed E-state index contributed by atoms with van der Waals surface area (Å²) < 4.78 is 10.3. The summed E-state index contributed by atoms with van der Waals surface area (Å²) in [5.74, 6) is -0.225. The summed E-state index contributed by atoms with van der Waals surface area (Å²) in [5.41, 5.74) is 1.81. The van der Waals surface area contributed by atoms with E-state index in [0.717, 1.165) is 30.6 Å². The van der Waals surface area contributed by atoms with Crippen LogP contribution >= 0.6 is 0 Å². The summed E-state index contributed by atoms with van der Waals surface area (Å²) in [4.78, 5) is 22.2. The molecule has 1 heterocycles. The summed E-state index contributed by atoms with van der Waals surface area (Å²) in [7, 11) is 0. The number of ether oxygens (including phenoxy) is 2. The quantitative estimate of drug-likeness (QED) is 0.640. The number of nitrogens with one attached hydrogen (secondary N) is 1. The number of esters is 2. The predicted octanol–water partition coefficient (Wildman–Crippen LogP) is 1.90. The molecule has 1 aromatic rings. The molecule has 0 bridgehead atoms. The van der Waals surface area contributed by atoms with Crippen molar-refractivity contribution < 1.29 is 19.1 Å². The Labute approximate surface area is 105 Å². The molecule has 0 radical (unpaired) electrons. The first kappa shape index (κ1) is 12.4. The highest BCUT2D eigenvalue weighted by molar-refractivity contribution is 5.77. The van der Waals surface area contributed by atoms with Crippen molar-refractivity contribution in [1.82, 2.24) is 0 Å². The van der Waals surface area contributed by atoms with Crippen molar-refractivity contribution in [3.8, 4) is 11.5 Å². The van der Waals surface area contributed by atoms with Crippen LogP contribution in [0.4, 0.5) is 5.69 Å². The molecule has 0 saturated heterocycles. The van der Waals surface area contributed by atoms with Gasteiger partial charge >= 0.3 is 11.9 Å². The largest absolute Gasteiger partial charge is 0.423 e. The molecule has 1 N–H and O–H groups in total. The van der Waals surface area contributed by atoms with E-state index in [-0.39, 0.29) is 0 Å². The molecule has 0 fully saturated rings. The van der Waals surface area contributed by atoms with Crippen LogP contribution in [0.25, 0.3) is 0 Å².